The van der Waals surface area contributed by atoms with Crippen LogP contribution in [-0.4, -0.2) is 25.1 Å². The number of pyridine rings is 1. The second kappa shape index (κ2) is 5.92. The van der Waals surface area contributed by atoms with Crippen LogP contribution in [0.25, 0.3) is 0 Å². The quantitative estimate of drug-likeness (QED) is 0.889. The van der Waals surface area contributed by atoms with Crippen LogP contribution < -0.4 is 20.5 Å². The molecule has 0 spiro atoms. The van der Waals surface area contributed by atoms with Gasteiger partial charge in [-0.25, -0.2) is 0 Å². The minimum atomic E-state index is -0.326. The van der Waals surface area contributed by atoms with Crippen molar-refractivity contribution in [2.75, 3.05) is 25.3 Å². The first kappa shape index (κ1) is 13.7. The number of amides is 1. The number of hydrogen-bond donors (Lipinski definition) is 2. The van der Waals surface area contributed by atoms with Gasteiger partial charge >= 0.3 is 0 Å². The molecule has 6 nitrogen and oxygen atoms in total. The van der Waals surface area contributed by atoms with Crippen LogP contribution in [0.15, 0.2) is 36.7 Å². The lowest BCUT2D eigenvalue weighted by atomic mass is 10.2. The summed E-state index contributed by atoms with van der Waals surface area (Å²) in [4.78, 5) is 16.0. The highest BCUT2D eigenvalue weighted by molar-refractivity contribution is 6.08. The third-order valence-electron chi connectivity index (χ3n) is 2.75. The molecule has 0 fully saturated rings. The number of hydrogen-bond acceptors (Lipinski definition) is 5. The Morgan fingerprint density at radius 3 is 2.70 bits per heavy atom. The van der Waals surface area contributed by atoms with E-state index in [-0.39, 0.29) is 5.91 Å². The molecule has 0 saturated heterocycles. The highest BCUT2D eigenvalue weighted by Crippen LogP contribution is 2.29. The molecule has 0 saturated carbocycles. The average Bonchev–Trinajstić information content (AvgIpc) is 2.48. The van der Waals surface area contributed by atoms with Crippen LogP contribution >= 0.6 is 0 Å². The predicted octanol–water partition coefficient (Wildman–Crippen LogP) is 1.93. The molecule has 0 bridgehead atoms. The zero-order chi connectivity index (χ0) is 14.5. The van der Waals surface area contributed by atoms with Crippen LogP contribution in [0.1, 0.15) is 10.4 Å². The third kappa shape index (κ3) is 2.80. The molecule has 3 N–H and O–H groups in total. The Kier molecular flexibility index (Phi) is 4.05. The Balaban J connectivity index is 2.26. The summed E-state index contributed by atoms with van der Waals surface area (Å²) >= 11 is 0. The second-order valence-electron chi connectivity index (χ2n) is 3.98. The minimum absolute atomic E-state index is 0.317. The molecule has 1 heterocycles. The Morgan fingerprint density at radius 2 is 2.05 bits per heavy atom. The maximum absolute atomic E-state index is 12.2. The van der Waals surface area contributed by atoms with E-state index in [0.717, 1.165) is 0 Å². The summed E-state index contributed by atoms with van der Waals surface area (Å²) < 4.78 is 10.3. The SMILES string of the molecule is COc1ccc(NC(=O)c2ccncc2N)c(OC)c1. The molecular weight excluding hydrogens is 258 g/mol. The van der Waals surface area contributed by atoms with Gasteiger partial charge in [0.25, 0.3) is 5.91 Å². The van der Waals surface area contributed by atoms with E-state index in [1.54, 1.807) is 31.4 Å². The molecule has 6 heteroatoms. The Hall–Kier alpha value is -2.76. The number of ether oxygens (including phenoxy) is 2. The molecular formula is C14H15N3O3. The van der Waals surface area contributed by atoms with Gasteiger partial charge in [0.1, 0.15) is 11.5 Å². The monoisotopic (exact) mass is 273 g/mol. The van der Waals surface area contributed by atoms with Gasteiger partial charge in [0, 0.05) is 12.3 Å². The number of carbonyl (C=O) groups excluding carboxylic acids is 1. The van der Waals surface area contributed by atoms with Gasteiger partial charge in [0.15, 0.2) is 0 Å². The smallest absolute Gasteiger partial charge is 0.257 e. The minimum Gasteiger partial charge on any atom is -0.497 e. The maximum atomic E-state index is 12.2. The van der Waals surface area contributed by atoms with Crippen molar-refractivity contribution in [3.05, 3.63) is 42.2 Å². The molecule has 2 rings (SSSR count). The summed E-state index contributed by atoms with van der Waals surface area (Å²) in [7, 11) is 3.08. The van der Waals surface area contributed by atoms with Gasteiger partial charge in [0.05, 0.1) is 37.4 Å². The van der Waals surface area contributed by atoms with Gasteiger partial charge < -0.3 is 20.5 Å². The lowest BCUT2D eigenvalue weighted by Crippen LogP contribution is -2.14. The predicted molar refractivity (Wildman–Crippen MR) is 76.1 cm³/mol. The zero-order valence-electron chi connectivity index (χ0n) is 11.2. The molecule has 0 unspecified atom stereocenters. The summed E-state index contributed by atoms with van der Waals surface area (Å²) in [5, 5.41) is 2.74. The molecule has 1 amide bonds. The van der Waals surface area contributed by atoms with Gasteiger partial charge in [-0.05, 0) is 18.2 Å². The number of nitrogens with one attached hydrogen (secondary N) is 1. The molecule has 0 aliphatic heterocycles. The van der Waals surface area contributed by atoms with Crippen molar-refractivity contribution in [3.63, 3.8) is 0 Å². The van der Waals surface area contributed by atoms with Crippen LogP contribution in [0.5, 0.6) is 11.5 Å². The molecule has 0 radical (unpaired) electrons. The van der Waals surface area contributed by atoms with Crippen molar-refractivity contribution in [1.29, 1.82) is 0 Å². The van der Waals surface area contributed by atoms with Gasteiger partial charge in [-0.3, -0.25) is 9.78 Å². The first-order chi connectivity index (χ1) is 9.65. The molecule has 104 valence electrons. The summed E-state index contributed by atoms with van der Waals surface area (Å²) in [5.41, 5.74) is 6.93. The average molecular weight is 273 g/mol. The van der Waals surface area contributed by atoms with Gasteiger partial charge in [-0.2, -0.15) is 0 Å². The van der Waals surface area contributed by atoms with E-state index in [0.29, 0.717) is 28.4 Å². The Morgan fingerprint density at radius 1 is 1.25 bits per heavy atom. The van der Waals surface area contributed by atoms with Crippen LogP contribution in [-0.2, 0) is 0 Å². The van der Waals surface area contributed by atoms with Crippen molar-refractivity contribution in [1.82, 2.24) is 4.98 Å². The van der Waals surface area contributed by atoms with Crippen LogP contribution in [0.3, 0.4) is 0 Å². The van der Waals surface area contributed by atoms with Crippen molar-refractivity contribution >= 4 is 17.3 Å². The van der Waals surface area contributed by atoms with E-state index in [1.807, 2.05) is 0 Å². The molecule has 0 atom stereocenters. The number of benzene rings is 1. The third-order valence-corrected chi connectivity index (χ3v) is 2.75. The molecule has 1 aromatic carbocycles. The topological polar surface area (TPSA) is 86.5 Å². The number of carbonyl (C=O) groups is 1. The van der Waals surface area contributed by atoms with Gasteiger partial charge in [-0.15, -0.1) is 0 Å². The van der Waals surface area contributed by atoms with E-state index in [9.17, 15) is 4.79 Å². The maximum Gasteiger partial charge on any atom is 0.257 e. The molecule has 0 aliphatic rings. The van der Waals surface area contributed by atoms with Crippen LogP contribution in [0, 0.1) is 0 Å². The fraction of sp³-hybridized carbons (Fsp3) is 0.143. The number of methoxy groups -OCH3 is 2. The van der Waals surface area contributed by atoms with E-state index in [2.05, 4.69) is 10.3 Å². The Labute approximate surface area is 116 Å². The number of nitrogens with zero attached hydrogens (tertiary/aromatic N) is 1. The lowest BCUT2D eigenvalue weighted by molar-refractivity contribution is 0.102. The van der Waals surface area contributed by atoms with E-state index in [4.69, 9.17) is 15.2 Å². The molecule has 1 aromatic heterocycles. The molecule has 0 aliphatic carbocycles. The summed E-state index contributed by atoms with van der Waals surface area (Å²) in [6.07, 6.45) is 2.94. The largest absolute Gasteiger partial charge is 0.497 e. The van der Waals surface area contributed by atoms with Crippen molar-refractivity contribution in [3.8, 4) is 11.5 Å². The highest BCUT2D eigenvalue weighted by atomic mass is 16.5. The van der Waals surface area contributed by atoms with Crippen LogP contribution in [0.4, 0.5) is 11.4 Å². The van der Waals surface area contributed by atoms with Crippen molar-refractivity contribution in [2.24, 2.45) is 0 Å². The fourth-order valence-corrected chi connectivity index (χ4v) is 1.70. The number of anilines is 2. The second-order valence-corrected chi connectivity index (χ2v) is 3.98. The summed E-state index contributed by atoms with van der Waals surface area (Å²) in [5.74, 6) is 0.821. The first-order valence-electron chi connectivity index (χ1n) is 5.88. The Bertz CT molecular complexity index is 629. The van der Waals surface area contributed by atoms with Gasteiger partial charge in [0.2, 0.25) is 0 Å². The fourth-order valence-electron chi connectivity index (χ4n) is 1.70. The summed E-state index contributed by atoms with van der Waals surface area (Å²) in [6.45, 7) is 0. The number of nitrogens with two attached hydrogens (primary N) is 1. The van der Waals surface area contributed by atoms with Crippen LogP contribution in [0.2, 0.25) is 0 Å². The van der Waals surface area contributed by atoms with E-state index >= 15 is 0 Å². The van der Waals surface area contributed by atoms with E-state index in [1.165, 1.54) is 19.5 Å². The number of rotatable bonds is 4. The van der Waals surface area contributed by atoms with Crippen molar-refractivity contribution < 1.29 is 14.3 Å². The first-order valence-corrected chi connectivity index (χ1v) is 5.88. The normalized spacial score (nSPS) is 9.90. The zero-order valence-corrected chi connectivity index (χ0v) is 11.2. The lowest BCUT2D eigenvalue weighted by Gasteiger charge is -2.12. The number of aromatic nitrogens is 1. The molecule has 2 aromatic rings. The summed E-state index contributed by atoms with van der Waals surface area (Å²) in [6, 6.07) is 6.67. The van der Waals surface area contributed by atoms with E-state index < -0.39 is 0 Å². The van der Waals surface area contributed by atoms with Crippen molar-refractivity contribution in [2.45, 2.75) is 0 Å². The number of nitrogen functional groups attached to an aromatic ring is 1. The highest BCUT2D eigenvalue weighted by Gasteiger charge is 2.12. The standard InChI is InChI=1S/C14H15N3O3/c1-19-9-3-4-12(13(7-9)20-2)17-14(18)10-5-6-16-8-11(10)15/h3-8H,15H2,1-2H3,(H,17,18). The molecule has 20 heavy (non-hydrogen) atoms. The van der Waals surface area contributed by atoms with Gasteiger partial charge in [-0.1, -0.05) is 0 Å².